The molecule has 3 heteroatoms. The van der Waals surface area contributed by atoms with Gasteiger partial charge in [-0.2, -0.15) is 0 Å². The molecule has 4 saturated carbocycles. The molecule has 5 aliphatic carbocycles. The van der Waals surface area contributed by atoms with Gasteiger partial charge < -0.3 is 4.74 Å². The number of allylic oxidation sites excluding steroid dienone is 1. The summed E-state index contributed by atoms with van der Waals surface area (Å²) >= 11 is 0. The summed E-state index contributed by atoms with van der Waals surface area (Å²) in [5.74, 6) is 4.97. The van der Waals surface area contributed by atoms with E-state index in [4.69, 9.17) is 4.74 Å². The zero-order valence-electron chi connectivity index (χ0n) is 15.8. The molecule has 1 spiro atoms. The van der Waals surface area contributed by atoms with Crippen LogP contribution >= 0.6 is 0 Å². The number of rotatable bonds is 1. The zero-order chi connectivity index (χ0) is 17.7. The molecule has 0 aromatic heterocycles. The van der Waals surface area contributed by atoms with Gasteiger partial charge in [-0.3, -0.25) is 9.59 Å². The highest BCUT2D eigenvalue weighted by molar-refractivity contribution is 5.91. The van der Waals surface area contributed by atoms with E-state index in [9.17, 15) is 9.59 Å². The van der Waals surface area contributed by atoms with Gasteiger partial charge in [0.1, 0.15) is 5.60 Å². The summed E-state index contributed by atoms with van der Waals surface area (Å²) in [6.45, 7) is 2.35. The van der Waals surface area contributed by atoms with Crippen LogP contribution in [0.1, 0.15) is 71.1 Å². The van der Waals surface area contributed by atoms with Crippen LogP contribution in [0.15, 0.2) is 11.6 Å². The van der Waals surface area contributed by atoms with Crippen LogP contribution in [0.4, 0.5) is 0 Å². The second-order valence-electron chi connectivity index (χ2n) is 10.2. The Hall–Kier alpha value is -1.12. The van der Waals surface area contributed by atoms with Crippen molar-refractivity contribution in [1.82, 2.24) is 0 Å². The van der Waals surface area contributed by atoms with Crippen LogP contribution in [0.5, 0.6) is 0 Å². The van der Waals surface area contributed by atoms with Gasteiger partial charge in [0.15, 0.2) is 5.78 Å². The lowest BCUT2D eigenvalue weighted by Gasteiger charge is -2.56. The lowest BCUT2D eigenvalue weighted by molar-refractivity contribution is -0.170. The number of esters is 1. The molecule has 0 aromatic rings. The average molecular weight is 354 g/mol. The van der Waals surface area contributed by atoms with Gasteiger partial charge in [-0.05, 0) is 93.0 Å². The van der Waals surface area contributed by atoms with Gasteiger partial charge >= 0.3 is 5.97 Å². The molecule has 8 atom stereocenters. The van der Waals surface area contributed by atoms with Gasteiger partial charge in [0.2, 0.25) is 0 Å². The molecule has 6 aliphatic rings. The van der Waals surface area contributed by atoms with Gasteiger partial charge in [0.25, 0.3) is 0 Å². The van der Waals surface area contributed by atoms with Gasteiger partial charge in [-0.15, -0.1) is 0 Å². The molecule has 0 bridgehead atoms. The molecule has 1 aliphatic heterocycles. The molecular formula is C23H30O3. The molecule has 3 nitrogen and oxygen atoms in total. The van der Waals surface area contributed by atoms with Crippen molar-refractivity contribution < 1.29 is 14.3 Å². The van der Waals surface area contributed by atoms with E-state index in [1.54, 1.807) is 0 Å². The Balaban J connectivity index is 1.39. The smallest absolute Gasteiger partial charge is 0.306 e. The summed E-state index contributed by atoms with van der Waals surface area (Å²) in [6, 6.07) is 0. The summed E-state index contributed by atoms with van der Waals surface area (Å²) in [4.78, 5) is 24.0. The lowest BCUT2D eigenvalue weighted by Crippen LogP contribution is -2.54. The molecule has 2 unspecified atom stereocenters. The molecule has 0 aromatic carbocycles. The summed E-state index contributed by atoms with van der Waals surface area (Å²) in [5.41, 5.74) is 1.63. The molecule has 140 valence electrons. The molecule has 6 rings (SSSR count). The largest absolute Gasteiger partial charge is 0.458 e. The van der Waals surface area contributed by atoms with E-state index in [1.807, 2.05) is 6.08 Å². The van der Waals surface area contributed by atoms with E-state index in [1.165, 1.54) is 31.3 Å². The minimum atomic E-state index is -0.141. The third-order valence-electron chi connectivity index (χ3n) is 9.77. The van der Waals surface area contributed by atoms with Gasteiger partial charge in [-0.25, -0.2) is 0 Å². The first-order valence-electron chi connectivity index (χ1n) is 11.0. The molecule has 0 N–H and O–H groups in total. The Morgan fingerprint density at radius 3 is 2.69 bits per heavy atom. The van der Waals surface area contributed by atoms with Crippen molar-refractivity contribution in [3.63, 3.8) is 0 Å². The van der Waals surface area contributed by atoms with E-state index in [0.717, 1.165) is 55.8 Å². The maximum Gasteiger partial charge on any atom is 0.306 e. The van der Waals surface area contributed by atoms with Gasteiger partial charge in [-0.1, -0.05) is 12.5 Å². The highest BCUT2D eigenvalue weighted by Crippen LogP contribution is 2.74. The minimum Gasteiger partial charge on any atom is -0.458 e. The number of hydrogen-bond acceptors (Lipinski definition) is 3. The Labute approximate surface area is 155 Å². The van der Waals surface area contributed by atoms with Crippen molar-refractivity contribution in [3.8, 4) is 0 Å². The molecule has 26 heavy (non-hydrogen) atoms. The Bertz CT molecular complexity index is 723. The Kier molecular flexibility index (Phi) is 3.07. The topological polar surface area (TPSA) is 43.4 Å². The highest BCUT2D eigenvalue weighted by atomic mass is 16.6. The van der Waals surface area contributed by atoms with Crippen LogP contribution in [0.3, 0.4) is 0 Å². The van der Waals surface area contributed by atoms with Crippen LogP contribution < -0.4 is 0 Å². The average Bonchev–Trinajstić information content (AvgIpc) is 3.27. The number of fused-ring (bicyclic) bond motifs is 9. The zero-order valence-corrected chi connectivity index (χ0v) is 15.8. The van der Waals surface area contributed by atoms with Crippen LogP contribution in [-0.4, -0.2) is 17.4 Å². The van der Waals surface area contributed by atoms with Crippen molar-refractivity contribution in [2.24, 2.45) is 40.9 Å². The quantitative estimate of drug-likeness (QED) is 0.654. The fourth-order valence-electron chi connectivity index (χ4n) is 8.83. The second kappa shape index (κ2) is 5.02. The Morgan fingerprint density at radius 1 is 1.04 bits per heavy atom. The Morgan fingerprint density at radius 2 is 1.92 bits per heavy atom. The van der Waals surface area contributed by atoms with Crippen LogP contribution in [0.2, 0.25) is 0 Å². The van der Waals surface area contributed by atoms with E-state index in [-0.39, 0.29) is 17.0 Å². The van der Waals surface area contributed by atoms with E-state index in [2.05, 4.69) is 6.92 Å². The number of carbonyl (C=O) groups excluding carboxylic acids is 2. The number of ketones is 1. The first-order valence-corrected chi connectivity index (χ1v) is 11.0. The maximum absolute atomic E-state index is 12.0. The van der Waals surface area contributed by atoms with Gasteiger partial charge in [0, 0.05) is 18.3 Å². The summed E-state index contributed by atoms with van der Waals surface area (Å²) in [5, 5.41) is 0. The first-order chi connectivity index (χ1) is 12.6. The molecule has 0 radical (unpaired) electrons. The van der Waals surface area contributed by atoms with Crippen molar-refractivity contribution >= 4 is 11.8 Å². The summed E-state index contributed by atoms with van der Waals surface area (Å²) in [7, 11) is 0. The summed E-state index contributed by atoms with van der Waals surface area (Å²) in [6.07, 6.45) is 12.9. The lowest BCUT2D eigenvalue weighted by atomic mass is 9.49. The molecule has 5 fully saturated rings. The minimum absolute atomic E-state index is 0.0459. The standard InChI is InChI=1S/C23H30O3/c1-2-22-8-5-15-14-4-3-13(24)11-16(14)17-12-18(17)21(15)19(22)6-9-23(22)10-7-20(25)26-23/h11,14-15,17-19,21H,2-10,12H2,1H3/t14-,15-,17?,18?,19+,21+,22+,23+/m1/s1. The molecule has 1 heterocycles. The van der Waals surface area contributed by atoms with Crippen molar-refractivity contribution in [2.75, 3.05) is 0 Å². The van der Waals surface area contributed by atoms with Crippen molar-refractivity contribution in [1.29, 1.82) is 0 Å². The fraction of sp³-hybridized carbons (Fsp3) is 0.826. The second-order valence-corrected chi connectivity index (χ2v) is 10.2. The SMILES string of the molecule is CC[C@]12CC[C@H]3[C@@H](C4CC4C4=CC(=O)CC[C@@H]43)[C@@H]1CC[C@]21CCC(=O)O1. The third kappa shape index (κ3) is 1.76. The van der Waals surface area contributed by atoms with Gasteiger partial charge in [0.05, 0.1) is 0 Å². The van der Waals surface area contributed by atoms with E-state index >= 15 is 0 Å². The molecule has 0 amide bonds. The third-order valence-corrected chi connectivity index (χ3v) is 9.77. The first kappa shape index (κ1) is 15.9. The fourth-order valence-corrected chi connectivity index (χ4v) is 8.83. The van der Waals surface area contributed by atoms with Crippen LogP contribution in [0.25, 0.3) is 0 Å². The van der Waals surface area contributed by atoms with Crippen LogP contribution in [0, 0.1) is 40.9 Å². The predicted molar refractivity (Wildman–Crippen MR) is 97.1 cm³/mol. The summed E-state index contributed by atoms with van der Waals surface area (Å²) < 4.78 is 6.13. The maximum atomic E-state index is 12.0. The number of carbonyl (C=O) groups is 2. The normalized spacial score (nSPS) is 54.1. The predicted octanol–water partition coefficient (Wildman–Crippen LogP) is 4.45. The number of hydrogen-bond donors (Lipinski definition) is 0. The van der Waals surface area contributed by atoms with Crippen LogP contribution in [-0.2, 0) is 14.3 Å². The molecular weight excluding hydrogens is 324 g/mol. The van der Waals surface area contributed by atoms with E-state index in [0.29, 0.717) is 24.0 Å². The van der Waals surface area contributed by atoms with Crippen molar-refractivity contribution in [3.05, 3.63) is 11.6 Å². The number of ether oxygens (including phenoxy) is 1. The molecule has 1 saturated heterocycles. The highest BCUT2D eigenvalue weighted by Gasteiger charge is 2.70. The monoisotopic (exact) mass is 354 g/mol. The van der Waals surface area contributed by atoms with E-state index < -0.39 is 0 Å². The van der Waals surface area contributed by atoms with Crippen molar-refractivity contribution in [2.45, 2.75) is 76.7 Å².